The topological polar surface area (TPSA) is 0 Å². The van der Waals surface area contributed by atoms with Crippen molar-refractivity contribution >= 4 is 0 Å². The molecule has 0 bridgehead atoms. The van der Waals surface area contributed by atoms with Gasteiger partial charge in [-0.1, -0.05) is 70.1 Å². The summed E-state index contributed by atoms with van der Waals surface area (Å²) in [5.74, 6) is 1.63. The second-order valence-electron chi connectivity index (χ2n) is 5.92. The molecule has 104 valence electrons. The molecule has 0 aromatic rings. The lowest BCUT2D eigenvalue weighted by molar-refractivity contribution is 0.416. The molecule has 1 unspecified atom stereocenters. The van der Waals surface area contributed by atoms with Crippen LogP contribution in [0.4, 0.5) is 0 Å². The zero-order chi connectivity index (χ0) is 13.1. The van der Waals surface area contributed by atoms with Crippen molar-refractivity contribution in [3.05, 3.63) is 24.8 Å². The average Bonchev–Trinajstić information content (AvgIpc) is 2.42. The van der Waals surface area contributed by atoms with Gasteiger partial charge in [0.25, 0.3) is 0 Å². The molecule has 0 N–H and O–H groups in total. The molecule has 0 nitrogen and oxygen atoms in total. The molecule has 1 aliphatic carbocycles. The second-order valence-corrected chi connectivity index (χ2v) is 5.92. The number of rotatable bonds is 9. The van der Waals surface area contributed by atoms with E-state index >= 15 is 0 Å². The van der Waals surface area contributed by atoms with Gasteiger partial charge in [0, 0.05) is 0 Å². The van der Waals surface area contributed by atoms with Gasteiger partial charge >= 0.3 is 0 Å². The lowest BCUT2D eigenvalue weighted by atomic mass is 9.87. The van der Waals surface area contributed by atoms with Gasteiger partial charge in [0.1, 0.15) is 0 Å². The van der Waals surface area contributed by atoms with Crippen molar-refractivity contribution in [3.63, 3.8) is 0 Å². The third-order valence-electron chi connectivity index (χ3n) is 4.20. The largest absolute Gasteiger partial charge is 0.103 e. The Balaban J connectivity index is 2.26. The Morgan fingerprint density at radius 3 is 2.56 bits per heavy atom. The molecule has 1 aliphatic rings. The van der Waals surface area contributed by atoms with Crippen molar-refractivity contribution < 1.29 is 0 Å². The predicted octanol–water partition coefficient (Wildman–Crippen LogP) is 6.29. The molecule has 1 rings (SSSR count). The van der Waals surface area contributed by atoms with E-state index in [1.807, 2.05) is 0 Å². The molecular formula is C18H32. The van der Waals surface area contributed by atoms with Crippen molar-refractivity contribution in [1.82, 2.24) is 0 Å². The van der Waals surface area contributed by atoms with E-state index in [0.717, 1.165) is 18.3 Å². The maximum atomic E-state index is 3.91. The van der Waals surface area contributed by atoms with Gasteiger partial charge < -0.3 is 0 Å². The Morgan fingerprint density at radius 1 is 1.11 bits per heavy atom. The van der Waals surface area contributed by atoms with E-state index in [1.54, 1.807) is 0 Å². The first-order chi connectivity index (χ1) is 8.86. The summed E-state index contributed by atoms with van der Waals surface area (Å²) < 4.78 is 0. The van der Waals surface area contributed by atoms with Crippen molar-refractivity contribution in [2.45, 2.75) is 77.6 Å². The summed E-state index contributed by atoms with van der Waals surface area (Å²) in [4.78, 5) is 0. The fourth-order valence-corrected chi connectivity index (χ4v) is 2.98. The van der Waals surface area contributed by atoms with E-state index in [2.05, 4.69) is 31.7 Å². The standard InChI is InChI=1S/C18H32/c1-3-5-6-8-12-17(11-4-2)15-16-18-13-9-7-10-14-18/h4,15-18H,2-3,5-14H2,1H3/b16-15+. The molecule has 1 atom stereocenters. The lowest BCUT2D eigenvalue weighted by Gasteiger charge is -2.19. The summed E-state index contributed by atoms with van der Waals surface area (Å²) in [6.07, 6.45) is 22.4. The quantitative estimate of drug-likeness (QED) is 0.332. The third kappa shape index (κ3) is 7.03. The summed E-state index contributed by atoms with van der Waals surface area (Å²) in [5.41, 5.74) is 0. The predicted molar refractivity (Wildman–Crippen MR) is 82.8 cm³/mol. The summed E-state index contributed by atoms with van der Waals surface area (Å²) in [6, 6.07) is 0. The fraction of sp³-hybridized carbons (Fsp3) is 0.778. The molecule has 0 saturated heterocycles. The normalized spacial score (nSPS) is 19.2. The van der Waals surface area contributed by atoms with Crippen LogP contribution in [-0.2, 0) is 0 Å². The highest BCUT2D eigenvalue weighted by Crippen LogP contribution is 2.26. The summed E-state index contributed by atoms with van der Waals surface area (Å²) in [6.45, 7) is 6.19. The van der Waals surface area contributed by atoms with Gasteiger partial charge in [-0.3, -0.25) is 0 Å². The van der Waals surface area contributed by atoms with E-state index in [1.165, 1.54) is 64.2 Å². The second kappa shape index (κ2) is 10.4. The van der Waals surface area contributed by atoms with Crippen LogP contribution in [0, 0.1) is 11.8 Å². The molecule has 0 amide bonds. The molecule has 0 heterocycles. The SMILES string of the molecule is C=CCC(/C=C/C1CCCCC1)CCCCCC. The van der Waals surface area contributed by atoms with Crippen molar-refractivity contribution in [3.8, 4) is 0 Å². The molecule has 0 aromatic heterocycles. The number of hydrogen-bond donors (Lipinski definition) is 0. The number of allylic oxidation sites excluding steroid dienone is 3. The Hall–Kier alpha value is -0.520. The van der Waals surface area contributed by atoms with Crippen LogP contribution in [0.25, 0.3) is 0 Å². The van der Waals surface area contributed by atoms with Gasteiger partial charge in [-0.15, -0.1) is 6.58 Å². The average molecular weight is 248 g/mol. The van der Waals surface area contributed by atoms with E-state index in [4.69, 9.17) is 0 Å². The van der Waals surface area contributed by atoms with Crippen molar-refractivity contribution in [1.29, 1.82) is 0 Å². The van der Waals surface area contributed by atoms with Crippen molar-refractivity contribution in [2.75, 3.05) is 0 Å². The van der Waals surface area contributed by atoms with Gasteiger partial charge in [-0.05, 0) is 37.5 Å². The van der Waals surface area contributed by atoms with Gasteiger partial charge in [0.2, 0.25) is 0 Å². The van der Waals surface area contributed by atoms with Crippen LogP contribution in [0.15, 0.2) is 24.8 Å². The zero-order valence-electron chi connectivity index (χ0n) is 12.4. The first kappa shape index (κ1) is 15.5. The Kier molecular flexibility index (Phi) is 8.98. The van der Waals surface area contributed by atoms with E-state index in [-0.39, 0.29) is 0 Å². The molecule has 1 fully saturated rings. The molecule has 0 spiro atoms. The minimum Gasteiger partial charge on any atom is -0.103 e. The van der Waals surface area contributed by atoms with Crippen LogP contribution < -0.4 is 0 Å². The summed E-state index contributed by atoms with van der Waals surface area (Å²) in [5, 5.41) is 0. The van der Waals surface area contributed by atoms with Crippen LogP contribution in [0.5, 0.6) is 0 Å². The van der Waals surface area contributed by atoms with Gasteiger partial charge in [0.15, 0.2) is 0 Å². The smallest absolute Gasteiger partial charge is 0.0199 e. The Labute approximate surface area is 115 Å². The minimum absolute atomic E-state index is 0.751. The van der Waals surface area contributed by atoms with E-state index in [9.17, 15) is 0 Å². The van der Waals surface area contributed by atoms with Crippen LogP contribution in [0.2, 0.25) is 0 Å². The molecule has 0 aliphatic heterocycles. The first-order valence-electron chi connectivity index (χ1n) is 8.16. The molecule has 18 heavy (non-hydrogen) atoms. The fourth-order valence-electron chi connectivity index (χ4n) is 2.98. The molecule has 0 radical (unpaired) electrons. The first-order valence-corrected chi connectivity index (χ1v) is 8.16. The van der Waals surface area contributed by atoms with Crippen LogP contribution in [-0.4, -0.2) is 0 Å². The minimum atomic E-state index is 0.751. The maximum Gasteiger partial charge on any atom is -0.0199 e. The van der Waals surface area contributed by atoms with Crippen LogP contribution >= 0.6 is 0 Å². The molecule has 0 aromatic carbocycles. The highest BCUT2D eigenvalue weighted by atomic mass is 14.2. The Bertz CT molecular complexity index is 220. The van der Waals surface area contributed by atoms with E-state index < -0.39 is 0 Å². The lowest BCUT2D eigenvalue weighted by Crippen LogP contribution is -2.04. The monoisotopic (exact) mass is 248 g/mol. The summed E-state index contributed by atoms with van der Waals surface area (Å²) >= 11 is 0. The highest BCUT2D eigenvalue weighted by molar-refractivity contribution is 4.95. The van der Waals surface area contributed by atoms with Crippen LogP contribution in [0.1, 0.15) is 77.6 Å². The van der Waals surface area contributed by atoms with Gasteiger partial charge in [0.05, 0.1) is 0 Å². The van der Waals surface area contributed by atoms with Crippen LogP contribution in [0.3, 0.4) is 0 Å². The molecular weight excluding hydrogens is 216 g/mol. The maximum absolute atomic E-state index is 3.91. The number of hydrogen-bond acceptors (Lipinski definition) is 0. The van der Waals surface area contributed by atoms with Crippen molar-refractivity contribution in [2.24, 2.45) is 11.8 Å². The van der Waals surface area contributed by atoms with Gasteiger partial charge in [-0.2, -0.15) is 0 Å². The zero-order valence-corrected chi connectivity index (χ0v) is 12.4. The summed E-state index contributed by atoms with van der Waals surface area (Å²) in [7, 11) is 0. The third-order valence-corrected chi connectivity index (χ3v) is 4.20. The molecule has 1 saturated carbocycles. The Morgan fingerprint density at radius 2 is 1.89 bits per heavy atom. The number of unbranched alkanes of at least 4 members (excludes halogenated alkanes) is 3. The highest BCUT2D eigenvalue weighted by Gasteiger charge is 2.10. The van der Waals surface area contributed by atoms with E-state index in [0.29, 0.717) is 0 Å². The van der Waals surface area contributed by atoms with Gasteiger partial charge in [-0.25, -0.2) is 0 Å². The molecule has 0 heteroatoms.